The van der Waals surface area contributed by atoms with Crippen molar-refractivity contribution in [3.63, 3.8) is 0 Å². The number of hydrogen-bond donors (Lipinski definition) is 1. The minimum Gasteiger partial charge on any atom is -0.496 e. The van der Waals surface area contributed by atoms with E-state index in [1.165, 1.54) is 0 Å². The maximum atomic E-state index is 12.3. The Kier molecular flexibility index (Phi) is 8.49. The highest BCUT2D eigenvalue weighted by atomic mass is 35.5. The molecule has 1 aromatic rings. The van der Waals surface area contributed by atoms with Crippen LogP contribution in [0, 0.1) is 19.8 Å². The summed E-state index contributed by atoms with van der Waals surface area (Å²) < 4.78 is 5.37. The van der Waals surface area contributed by atoms with E-state index in [1.807, 2.05) is 27.7 Å². The zero-order chi connectivity index (χ0) is 16.2. The van der Waals surface area contributed by atoms with Gasteiger partial charge in [-0.25, -0.2) is 0 Å². The molecular formula is C17H29ClN2O2. The van der Waals surface area contributed by atoms with Gasteiger partial charge in [-0.1, -0.05) is 32.4 Å². The van der Waals surface area contributed by atoms with E-state index in [4.69, 9.17) is 10.5 Å². The molecule has 1 amide bonds. The third kappa shape index (κ3) is 4.89. The van der Waals surface area contributed by atoms with Crippen LogP contribution in [-0.4, -0.2) is 31.0 Å². The van der Waals surface area contributed by atoms with Gasteiger partial charge in [0.15, 0.2) is 0 Å². The number of likely N-dealkylation sites (N-methyl/N-ethyl adjacent to an activating group) is 1. The Morgan fingerprint density at radius 1 is 1.32 bits per heavy atom. The second-order valence-electron chi connectivity index (χ2n) is 5.87. The third-order valence-corrected chi connectivity index (χ3v) is 4.06. The van der Waals surface area contributed by atoms with Crippen molar-refractivity contribution in [3.8, 4) is 5.75 Å². The zero-order valence-electron chi connectivity index (χ0n) is 14.5. The van der Waals surface area contributed by atoms with Crippen LogP contribution in [0.1, 0.15) is 37.0 Å². The lowest BCUT2D eigenvalue weighted by atomic mass is 9.98. The van der Waals surface area contributed by atoms with Gasteiger partial charge in [-0.15, -0.1) is 12.4 Å². The number of methoxy groups -OCH3 is 1. The summed E-state index contributed by atoms with van der Waals surface area (Å²) in [5.41, 5.74) is 9.28. The number of nitrogens with zero attached hydrogens (tertiary/aromatic N) is 1. The maximum absolute atomic E-state index is 12.3. The van der Waals surface area contributed by atoms with Gasteiger partial charge in [0.2, 0.25) is 5.91 Å². The Morgan fingerprint density at radius 2 is 1.82 bits per heavy atom. The predicted molar refractivity (Wildman–Crippen MR) is 93.6 cm³/mol. The van der Waals surface area contributed by atoms with Crippen molar-refractivity contribution in [2.24, 2.45) is 11.7 Å². The second-order valence-corrected chi connectivity index (χ2v) is 5.87. The average molecular weight is 329 g/mol. The number of ether oxygens (including phenoxy) is 1. The summed E-state index contributed by atoms with van der Waals surface area (Å²) in [5, 5.41) is 0. The van der Waals surface area contributed by atoms with Crippen molar-refractivity contribution >= 4 is 18.3 Å². The molecule has 1 aromatic carbocycles. The van der Waals surface area contributed by atoms with E-state index in [-0.39, 0.29) is 24.2 Å². The van der Waals surface area contributed by atoms with Gasteiger partial charge in [-0.2, -0.15) is 0 Å². The van der Waals surface area contributed by atoms with Crippen LogP contribution in [0.2, 0.25) is 0 Å². The first-order chi connectivity index (χ1) is 9.81. The molecule has 4 nitrogen and oxygen atoms in total. The third-order valence-electron chi connectivity index (χ3n) is 4.06. The second kappa shape index (κ2) is 9.01. The van der Waals surface area contributed by atoms with Crippen molar-refractivity contribution < 1.29 is 9.53 Å². The van der Waals surface area contributed by atoms with E-state index in [0.29, 0.717) is 6.54 Å². The molecule has 0 aliphatic carbocycles. The normalized spacial score (nSPS) is 13.0. The molecule has 0 saturated heterocycles. The van der Waals surface area contributed by atoms with E-state index in [1.54, 1.807) is 19.1 Å². The molecule has 0 heterocycles. The Bertz CT molecular complexity index is 482. The molecule has 2 N–H and O–H groups in total. The lowest BCUT2D eigenvalue weighted by Crippen LogP contribution is -2.45. The highest BCUT2D eigenvalue weighted by Gasteiger charge is 2.23. The first-order valence-electron chi connectivity index (χ1n) is 7.46. The van der Waals surface area contributed by atoms with E-state index in [2.05, 4.69) is 12.1 Å². The molecule has 0 aromatic heterocycles. The van der Waals surface area contributed by atoms with Gasteiger partial charge in [-0.3, -0.25) is 4.79 Å². The molecule has 0 aliphatic heterocycles. The van der Waals surface area contributed by atoms with Crippen LogP contribution in [0.4, 0.5) is 0 Å². The highest BCUT2D eigenvalue weighted by molar-refractivity contribution is 5.85. The number of nitrogens with two attached hydrogens (primary N) is 1. The quantitative estimate of drug-likeness (QED) is 0.873. The number of benzene rings is 1. The van der Waals surface area contributed by atoms with E-state index < -0.39 is 6.04 Å². The Labute approximate surface area is 140 Å². The molecular weight excluding hydrogens is 300 g/mol. The Balaban J connectivity index is 0.00000441. The largest absolute Gasteiger partial charge is 0.496 e. The molecule has 22 heavy (non-hydrogen) atoms. The van der Waals surface area contributed by atoms with Gasteiger partial charge in [0, 0.05) is 13.6 Å². The fraction of sp³-hybridized carbons (Fsp3) is 0.588. The van der Waals surface area contributed by atoms with Crippen molar-refractivity contribution in [1.29, 1.82) is 0 Å². The molecule has 0 saturated carbocycles. The first kappa shape index (κ1) is 20.7. The molecule has 0 fully saturated rings. The number of halogens is 1. The Hall–Kier alpha value is -1.26. The van der Waals surface area contributed by atoms with Gasteiger partial charge >= 0.3 is 0 Å². The molecule has 0 aliphatic rings. The summed E-state index contributed by atoms with van der Waals surface area (Å²) in [5.74, 6) is 1.10. The van der Waals surface area contributed by atoms with Crippen molar-refractivity contribution in [2.45, 2.75) is 46.7 Å². The van der Waals surface area contributed by atoms with Crippen molar-refractivity contribution in [3.05, 3.63) is 28.8 Å². The summed E-state index contributed by atoms with van der Waals surface area (Å²) in [6, 6.07) is 3.69. The predicted octanol–water partition coefficient (Wildman–Crippen LogP) is 3.07. The number of hydrogen-bond acceptors (Lipinski definition) is 3. The lowest BCUT2D eigenvalue weighted by molar-refractivity contribution is -0.132. The van der Waals surface area contributed by atoms with E-state index in [0.717, 1.165) is 28.9 Å². The summed E-state index contributed by atoms with van der Waals surface area (Å²) in [7, 11) is 3.48. The summed E-state index contributed by atoms with van der Waals surface area (Å²) >= 11 is 0. The molecule has 2 atom stereocenters. The maximum Gasteiger partial charge on any atom is 0.239 e. The monoisotopic (exact) mass is 328 g/mol. The molecule has 0 radical (unpaired) electrons. The molecule has 0 spiro atoms. The SMILES string of the molecule is CCC(C)C(N)C(=O)N(C)Cc1cc(C)c(OC)c(C)c1.Cl. The average Bonchev–Trinajstić information content (AvgIpc) is 2.44. The highest BCUT2D eigenvalue weighted by Crippen LogP contribution is 2.25. The molecule has 2 unspecified atom stereocenters. The van der Waals surface area contributed by atoms with Crippen LogP contribution in [0.5, 0.6) is 5.75 Å². The van der Waals surface area contributed by atoms with Crippen LogP contribution in [0.25, 0.3) is 0 Å². The standard InChI is InChI=1S/C17H28N2O2.ClH/c1-7-11(2)15(18)17(20)19(5)10-14-8-12(3)16(21-6)13(4)9-14;/h8-9,11,15H,7,10,18H2,1-6H3;1H. The minimum absolute atomic E-state index is 0. The zero-order valence-corrected chi connectivity index (χ0v) is 15.3. The molecule has 0 bridgehead atoms. The van der Waals surface area contributed by atoms with Crippen LogP contribution in [-0.2, 0) is 11.3 Å². The minimum atomic E-state index is -0.430. The number of amides is 1. The molecule has 126 valence electrons. The fourth-order valence-corrected chi connectivity index (χ4v) is 2.56. The number of carbonyl (C=O) groups excluding carboxylic acids is 1. The van der Waals surface area contributed by atoms with Gasteiger partial charge in [0.25, 0.3) is 0 Å². The lowest BCUT2D eigenvalue weighted by Gasteiger charge is -2.25. The molecule has 1 rings (SSSR count). The van der Waals surface area contributed by atoms with Crippen molar-refractivity contribution in [2.75, 3.05) is 14.2 Å². The fourth-order valence-electron chi connectivity index (χ4n) is 2.56. The van der Waals surface area contributed by atoms with Crippen LogP contribution in [0.15, 0.2) is 12.1 Å². The van der Waals surface area contributed by atoms with Crippen LogP contribution >= 0.6 is 12.4 Å². The van der Waals surface area contributed by atoms with Crippen LogP contribution in [0.3, 0.4) is 0 Å². The van der Waals surface area contributed by atoms with Gasteiger partial charge in [0.05, 0.1) is 13.2 Å². The number of aryl methyl sites for hydroxylation is 2. The Morgan fingerprint density at radius 3 is 2.23 bits per heavy atom. The first-order valence-corrected chi connectivity index (χ1v) is 7.46. The van der Waals surface area contributed by atoms with E-state index in [9.17, 15) is 4.79 Å². The van der Waals surface area contributed by atoms with E-state index >= 15 is 0 Å². The number of carbonyl (C=O) groups is 1. The summed E-state index contributed by atoms with van der Waals surface area (Å²) in [6.45, 7) is 8.66. The topological polar surface area (TPSA) is 55.6 Å². The van der Waals surface area contributed by atoms with Gasteiger partial charge in [-0.05, 0) is 36.5 Å². The summed E-state index contributed by atoms with van der Waals surface area (Å²) in [4.78, 5) is 14.0. The number of rotatable bonds is 6. The van der Waals surface area contributed by atoms with Crippen LogP contribution < -0.4 is 10.5 Å². The smallest absolute Gasteiger partial charge is 0.239 e. The molecule has 5 heteroatoms. The van der Waals surface area contributed by atoms with Gasteiger partial charge < -0.3 is 15.4 Å². The van der Waals surface area contributed by atoms with Gasteiger partial charge in [0.1, 0.15) is 5.75 Å². The summed E-state index contributed by atoms with van der Waals surface area (Å²) in [6.07, 6.45) is 0.904. The van der Waals surface area contributed by atoms with Crippen molar-refractivity contribution in [1.82, 2.24) is 4.90 Å².